The minimum Gasteiger partial charge on any atom is -0.479 e. The van der Waals surface area contributed by atoms with E-state index in [4.69, 9.17) is 23.7 Å². The number of ether oxygens (including phenoxy) is 5. The van der Waals surface area contributed by atoms with E-state index in [0.717, 1.165) is 103 Å². The first-order valence-corrected chi connectivity index (χ1v) is 30.6. The van der Waals surface area contributed by atoms with E-state index in [1.54, 1.807) is 0 Å². The van der Waals surface area contributed by atoms with Crippen molar-refractivity contribution in [3.8, 4) is 0 Å². The highest BCUT2D eigenvalue weighted by Gasteiger charge is 2.50. The molecule has 0 aromatic rings. The van der Waals surface area contributed by atoms with Gasteiger partial charge in [0.25, 0.3) is 0 Å². The lowest BCUT2D eigenvalue weighted by molar-refractivity contribution is -0.301. The molecule has 12 nitrogen and oxygen atoms in total. The summed E-state index contributed by atoms with van der Waals surface area (Å²) in [5.74, 6) is -3.12. The first-order chi connectivity index (χ1) is 36.6. The lowest BCUT2D eigenvalue weighted by Crippen LogP contribution is -2.61. The van der Waals surface area contributed by atoms with E-state index in [0.29, 0.717) is 19.3 Å². The third kappa shape index (κ3) is 41.5. The summed E-state index contributed by atoms with van der Waals surface area (Å²) in [6.07, 6.45) is 49.4. The van der Waals surface area contributed by atoms with Crippen LogP contribution in [-0.4, -0.2) is 89.2 Å². The molecule has 1 heterocycles. The summed E-state index contributed by atoms with van der Waals surface area (Å²) in [7, 11) is 0. The van der Waals surface area contributed by atoms with Crippen molar-refractivity contribution < 1.29 is 58.2 Å². The molecule has 6 unspecified atom stereocenters. The number of allylic oxidation sites excluding steroid dienone is 8. The summed E-state index contributed by atoms with van der Waals surface area (Å²) >= 11 is 0. The first kappa shape index (κ1) is 69.7. The van der Waals surface area contributed by atoms with Crippen LogP contribution in [0.2, 0.25) is 0 Å². The lowest BCUT2D eigenvalue weighted by atomic mass is 9.98. The van der Waals surface area contributed by atoms with Crippen LogP contribution in [0.1, 0.15) is 278 Å². The zero-order chi connectivity index (χ0) is 54.7. The number of hydrogen-bond donors (Lipinski definition) is 3. The minimum atomic E-state index is -1.90. The largest absolute Gasteiger partial charge is 0.479 e. The number of esters is 3. The first-order valence-electron chi connectivity index (χ1n) is 30.6. The summed E-state index contributed by atoms with van der Waals surface area (Å²) in [5, 5.41) is 31.5. The number of carbonyl (C=O) groups is 4. The number of carbonyl (C=O) groups excluding carboxylic acids is 3. The van der Waals surface area contributed by atoms with Gasteiger partial charge >= 0.3 is 23.9 Å². The predicted molar refractivity (Wildman–Crippen MR) is 303 cm³/mol. The Bertz CT molecular complexity index is 1490. The van der Waals surface area contributed by atoms with Crippen molar-refractivity contribution in [2.75, 3.05) is 13.2 Å². The van der Waals surface area contributed by atoms with Crippen LogP contribution in [0.15, 0.2) is 48.6 Å². The maximum absolute atomic E-state index is 13.1. The van der Waals surface area contributed by atoms with Crippen LogP contribution in [0.5, 0.6) is 0 Å². The van der Waals surface area contributed by atoms with Gasteiger partial charge in [0.2, 0.25) is 0 Å². The number of hydrogen-bond acceptors (Lipinski definition) is 11. The van der Waals surface area contributed by atoms with Crippen LogP contribution < -0.4 is 0 Å². The number of aliphatic hydroxyl groups excluding tert-OH is 2. The van der Waals surface area contributed by atoms with Crippen LogP contribution >= 0.6 is 0 Å². The fourth-order valence-electron chi connectivity index (χ4n) is 9.20. The second-order valence-electron chi connectivity index (χ2n) is 21.0. The normalized spacial score (nSPS) is 18.4. The van der Waals surface area contributed by atoms with E-state index in [2.05, 4.69) is 69.4 Å². The second-order valence-corrected chi connectivity index (χ2v) is 21.0. The highest BCUT2D eigenvalue weighted by molar-refractivity contribution is 5.74. The summed E-state index contributed by atoms with van der Waals surface area (Å²) in [6, 6.07) is 0. The summed E-state index contributed by atoms with van der Waals surface area (Å²) in [5.41, 5.74) is 0. The van der Waals surface area contributed by atoms with Gasteiger partial charge in [0.15, 0.2) is 24.6 Å². The molecule has 0 saturated carbocycles. The number of aliphatic carboxylic acids is 1. The van der Waals surface area contributed by atoms with Crippen molar-refractivity contribution in [3.63, 3.8) is 0 Å². The maximum atomic E-state index is 13.1. The van der Waals surface area contributed by atoms with Crippen molar-refractivity contribution in [1.82, 2.24) is 0 Å². The quantitative estimate of drug-likeness (QED) is 0.0228. The Hall–Kier alpha value is -3.32. The Morgan fingerprint density at radius 1 is 0.453 bits per heavy atom. The molecule has 1 fully saturated rings. The van der Waals surface area contributed by atoms with Crippen molar-refractivity contribution >= 4 is 23.9 Å². The summed E-state index contributed by atoms with van der Waals surface area (Å²) in [6.45, 7) is 5.87. The molecule has 3 N–H and O–H groups in total. The molecule has 434 valence electrons. The number of aliphatic hydroxyl groups is 2. The fourth-order valence-corrected chi connectivity index (χ4v) is 9.20. The molecular formula is C63H110O12. The highest BCUT2D eigenvalue weighted by Crippen LogP contribution is 2.27. The number of unbranched alkanes of at least 4 members (excludes halogenated alkanes) is 30. The van der Waals surface area contributed by atoms with Crippen LogP contribution in [-0.2, 0) is 42.9 Å². The molecule has 0 amide bonds. The number of carboxylic acids is 1. The molecule has 0 aromatic heterocycles. The molecule has 75 heavy (non-hydrogen) atoms. The van der Waals surface area contributed by atoms with Gasteiger partial charge in [0, 0.05) is 19.3 Å². The monoisotopic (exact) mass is 1060 g/mol. The average molecular weight is 1060 g/mol. The molecule has 12 heteroatoms. The van der Waals surface area contributed by atoms with Crippen LogP contribution in [0.3, 0.4) is 0 Å². The summed E-state index contributed by atoms with van der Waals surface area (Å²) in [4.78, 5) is 51.1. The van der Waals surface area contributed by atoms with Crippen molar-refractivity contribution in [3.05, 3.63) is 48.6 Å². The van der Waals surface area contributed by atoms with Gasteiger partial charge in [0.1, 0.15) is 18.8 Å². The van der Waals surface area contributed by atoms with E-state index < -0.39 is 67.3 Å². The maximum Gasteiger partial charge on any atom is 0.335 e. The van der Waals surface area contributed by atoms with Gasteiger partial charge in [-0.15, -0.1) is 0 Å². The van der Waals surface area contributed by atoms with Crippen molar-refractivity contribution in [2.24, 2.45) is 0 Å². The SMILES string of the molecule is CC/C=C\C/C=C\C/C=C\CCCCCCCC(=O)OCC(COC1OC(C(=O)O)C(O)C(O)C1OC(=O)CCCCCCCCCCC/C=C\CCCCCCCC)OC(=O)CCCCCCCCCCCCC. The molecular weight excluding hydrogens is 949 g/mol. The molecule has 0 radical (unpaired) electrons. The minimum absolute atomic E-state index is 0.0587. The van der Waals surface area contributed by atoms with Gasteiger partial charge in [0.05, 0.1) is 6.61 Å². The van der Waals surface area contributed by atoms with E-state index >= 15 is 0 Å². The number of rotatable bonds is 52. The topological polar surface area (TPSA) is 175 Å². The molecule has 1 rings (SSSR count). The third-order valence-electron chi connectivity index (χ3n) is 13.9. The molecule has 1 saturated heterocycles. The number of carboxylic acid groups (broad SMARTS) is 1. The highest BCUT2D eigenvalue weighted by atomic mass is 16.7. The van der Waals surface area contributed by atoms with E-state index in [1.165, 1.54) is 116 Å². The zero-order valence-corrected chi connectivity index (χ0v) is 47.8. The molecule has 0 spiro atoms. The molecule has 0 aromatic carbocycles. The second kappa shape index (κ2) is 51.4. The Labute approximate surface area is 456 Å². The van der Waals surface area contributed by atoms with E-state index in [-0.39, 0.29) is 25.9 Å². The Morgan fingerprint density at radius 3 is 1.29 bits per heavy atom. The smallest absolute Gasteiger partial charge is 0.335 e. The third-order valence-corrected chi connectivity index (χ3v) is 13.9. The van der Waals surface area contributed by atoms with Crippen molar-refractivity contribution in [2.45, 2.75) is 314 Å². The van der Waals surface area contributed by atoms with Gasteiger partial charge < -0.3 is 39.0 Å². The van der Waals surface area contributed by atoms with Gasteiger partial charge in [-0.2, -0.15) is 0 Å². The van der Waals surface area contributed by atoms with Gasteiger partial charge in [-0.05, 0) is 77.0 Å². The van der Waals surface area contributed by atoms with Crippen LogP contribution in [0, 0.1) is 0 Å². The lowest BCUT2D eigenvalue weighted by Gasteiger charge is -2.40. The molecule has 1 aliphatic rings. The van der Waals surface area contributed by atoms with Gasteiger partial charge in [-0.3, -0.25) is 14.4 Å². The molecule has 0 bridgehead atoms. The van der Waals surface area contributed by atoms with Gasteiger partial charge in [-0.25, -0.2) is 4.79 Å². The van der Waals surface area contributed by atoms with Gasteiger partial charge in [-0.1, -0.05) is 230 Å². The fraction of sp³-hybridized carbons (Fsp3) is 0.810. The van der Waals surface area contributed by atoms with Crippen LogP contribution in [0.25, 0.3) is 0 Å². The standard InChI is InChI=1S/C63H110O12/c1-4-7-10-13-16-19-22-24-26-27-28-29-31-33-36-39-42-45-48-51-57(66)74-61-59(68)58(67)60(62(69)70)75-63(61)72-53-54(73-56(65)50-47-44-41-38-34-21-18-15-12-9-6-3)52-71-55(64)49-46-43-40-37-35-32-30-25-23-20-17-14-11-8-5-2/h8,11,17,20,24-26,30,54,58-61,63,67-68H,4-7,9-10,12-16,18-19,21-23,27-29,31-53H2,1-3H3,(H,69,70)/b11-8-,20-17-,26-24-,30-25-. The summed E-state index contributed by atoms with van der Waals surface area (Å²) < 4.78 is 28.4. The Kier molecular flexibility index (Phi) is 47.8. The van der Waals surface area contributed by atoms with E-state index in [1.807, 2.05) is 0 Å². The molecule has 6 atom stereocenters. The average Bonchev–Trinajstić information content (AvgIpc) is 3.39. The Balaban J connectivity index is 2.64. The zero-order valence-electron chi connectivity index (χ0n) is 47.8. The molecule has 1 aliphatic heterocycles. The molecule has 0 aliphatic carbocycles. The van der Waals surface area contributed by atoms with Crippen molar-refractivity contribution in [1.29, 1.82) is 0 Å². The van der Waals surface area contributed by atoms with E-state index in [9.17, 15) is 34.5 Å². The van der Waals surface area contributed by atoms with Crippen LogP contribution in [0.4, 0.5) is 0 Å². The Morgan fingerprint density at radius 2 is 0.840 bits per heavy atom. The predicted octanol–water partition coefficient (Wildman–Crippen LogP) is 15.8.